The molecule has 0 amide bonds. The minimum absolute atomic E-state index is 0.0982. The molecule has 3 aromatic rings. The third kappa shape index (κ3) is 5.97. The van der Waals surface area contributed by atoms with Gasteiger partial charge >= 0.3 is 12.6 Å². The molecule has 0 aliphatic carbocycles. The van der Waals surface area contributed by atoms with Gasteiger partial charge in [-0.15, -0.1) is 0 Å². The summed E-state index contributed by atoms with van der Waals surface area (Å²) in [5.41, 5.74) is 3.21. The van der Waals surface area contributed by atoms with E-state index in [2.05, 4.69) is 20.7 Å². The Morgan fingerprint density at radius 2 is 1.76 bits per heavy atom. The van der Waals surface area contributed by atoms with Gasteiger partial charge in [-0.2, -0.15) is 14.0 Å². The van der Waals surface area contributed by atoms with Gasteiger partial charge in [0.2, 0.25) is 0 Å². The summed E-state index contributed by atoms with van der Waals surface area (Å²) in [6.07, 6.45) is 1.42. The van der Waals surface area contributed by atoms with Crippen molar-refractivity contribution < 1.29 is 27.8 Å². The van der Waals surface area contributed by atoms with Crippen molar-refractivity contribution in [3.05, 3.63) is 87.2 Å². The number of benzene rings is 2. The van der Waals surface area contributed by atoms with Crippen LogP contribution in [0.4, 0.5) is 8.78 Å². The van der Waals surface area contributed by atoms with E-state index in [4.69, 9.17) is 4.74 Å². The van der Waals surface area contributed by atoms with Crippen LogP contribution in [0.15, 0.2) is 64.6 Å². The van der Waals surface area contributed by atoms with Gasteiger partial charge < -0.3 is 14.0 Å². The van der Waals surface area contributed by atoms with Crippen molar-refractivity contribution >= 4 is 33.8 Å². The Labute approximate surface area is 203 Å². The number of alkyl halides is 2. The van der Waals surface area contributed by atoms with Crippen LogP contribution in [0.3, 0.4) is 0 Å². The average Bonchev–Trinajstić information content (AvgIpc) is 3.09. The Morgan fingerprint density at radius 3 is 2.35 bits per heavy atom. The lowest BCUT2D eigenvalue weighted by molar-refractivity contribution is -0.137. The van der Waals surface area contributed by atoms with E-state index in [1.807, 2.05) is 54.8 Å². The van der Waals surface area contributed by atoms with E-state index in [9.17, 15) is 23.6 Å². The van der Waals surface area contributed by atoms with Gasteiger partial charge in [0.1, 0.15) is 17.4 Å². The summed E-state index contributed by atoms with van der Waals surface area (Å²) >= 11 is 3.41. The molecule has 174 valence electrons. The average molecular weight is 529 g/mol. The molecule has 1 aromatic heterocycles. The Balaban J connectivity index is 1.72. The number of nitriles is 1. The number of ether oxygens (including phenoxy) is 2. The number of aryl methyl sites for hydroxylation is 1. The van der Waals surface area contributed by atoms with Gasteiger partial charge in [-0.1, -0.05) is 15.9 Å². The maximum atomic E-state index is 12.4. The van der Waals surface area contributed by atoms with Crippen LogP contribution in [-0.4, -0.2) is 29.5 Å². The predicted molar refractivity (Wildman–Crippen MR) is 125 cm³/mol. The highest BCUT2D eigenvalue weighted by atomic mass is 79.9. The number of rotatable bonds is 8. The molecule has 0 aliphatic heterocycles. The molecule has 2 aromatic carbocycles. The van der Waals surface area contributed by atoms with Gasteiger partial charge in [0.05, 0.1) is 0 Å². The summed E-state index contributed by atoms with van der Waals surface area (Å²) in [4.78, 5) is 24.7. The minimum atomic E-state index is -2.97. The van der Waals surface area contributed by atoms with Gasteiger partial charge in [-0.05, 0) is 80.1 Å². The Hall–Kier alpha value is -3.77. The smallest absolute Gasteiger partial charge is 0.387 e. The maximum absolute atomic E-state index is 12.4. The maximum Gasteiger partial charge on any atom is 0.387 e. The minimum Gasteiger partial charge on any atom is -0.453 e. The largest absolute Gasteiger partial charge is 0.453 e. The van der Waals surface area contributed by atoms with Crippen LogP contribution in [0.5, 0.6) is 5.75 Å². The first kappa shape index (κ1) is 24.9. The molecule has 1 heterocycles. The van der Waals surface area contributed by atoms with E-state index in [0.717, 1.165) is 21.5 Å². The summed E-state index contributed by atoms with van der Waals surface area (Å²) < 4.78 is 36.6. The number of ketones is 1. The number of hydrogen-bond donors (Lipinski definition) is 0. The number of nitrogens with zero attached hydrogens (tertiary/aromatic N) is 2. The molecule has 0 unspecified atom stereocenters. The van der Waals surface area contributed by atoms with Crippen LogP contribution < -0.4 is 4.74 Å². The highest BCUT2D eigenvalue weighted by molar-refractivity contribution is 9.10. The second-order valence-corrected chi connectivity index (χ2v) is 8.13. The number of carbonyl (C=O) groups excluding carboxylic acids is 2. The zero-order chi connectivity index (χ0) is 24.8. The van der Waals surface area contributed by atoms with Crippen molar-refractivity contribution in [3.8, 4) is 17.5 Å². The molecule has 0 bridgehead atoms. The summed E-state index contributed by atoms with van der Waals surface area (Å²) in [7, 11) is 0. The van der Waals surface area contributed by atoms with Crippen molar-refractivity contribution in [2.24, 2.45) is 0 Å². The molecule has 34 heavy (non-hydrogen) atoms. The molecule has 0 N–H and O–H groups in total. The molecule has 0 fully saturated rings. The summed E-state index contributed by atoms with van der Waals surface area (Å²) in [5, 5.41) is 9.47. The van der Waals surface area contributed by atoms with Crippen LogP contribution in [-0.2, 0) is 9.53 Å². The lowest BCUT2D eigenvalue weighted by atomic mass is 10.1. The Bertz CT molecular complexity index is 1270. The fraction of sp³-hybridized carbons (Fsp3) is 0.160. The van der Waals surface area contributed by atoms with E-state index < -0.39 is 25.0 Å². The second-order valence-electron chi connectivity index (χ2n) is 7.21. The molecule has 3 rings (SSSR count). The van der Waals surface area contributed by atoms with Crippen molar-refractivity contribution in [2.45, 2.75) is 20.5 Å². The van der Waals surface area contributed by atoms with Crippen LogP contribution in [0.1, 0.15) is 27.3 Å². The number of halogens is 3. The van der Waals surface area contributed by atoms with Gasteiger partial charge in [-0.25, -0.2) is 4.79 Å². The lowest BCUT2D eigenvalue weighted by Gasteiger charge is -2.09. The van der Waals surface area contributed by atoms with Gasteiger partial charge in [0.25, 0.3) is 0 Å². The van der Waals surface area contributed by atoms with E-state index in [1.54, 1.807) is 0 Å². The van der Waals surface area contributed by atoms with E-state index in [0.29, 0.717) is 5.56 Å². The van der Waals surface area contributed by atoms with Crippen LogP contribution in [0.2, 0.25) is 0 Å². The number of hydrogen-bond acceptors (Lipinski definition) is 5. The fourth-order valence-electron chi connectivity index (χ4n) is 3.33. The molecular formula is C25H19BrF2N2O4. The summed E-state index contributed by atoms with van der Waals surface area (Å²) in [5.74, 6) is -1.59. The van der Waals surface area contributed by atoms with Crippen molar-refractivity contribution in [2.75, 3.05) is 6.61 Å². The third-order valence-corrected chi connectivity index (χ3v) is 5.46. The standard InChI is InChI=1S/C25H19BrF2N2O4/c1-15-11-18(16(2)30(15)21-7-5-20(26)6-8-21)12-19(13-29)24(32)33-14-23(31)17-3-9-22(10-4-17)34-25(27)28/h3-12,25H,14H2,1-2H3. The van der Waals surface area contributed by atoms with Crippen LogP contribution in [0.25, 0.3) is 11.8 Å². The third-order valence-electron chi connectivity index (χ3n) is 4.93. The Kier molecular flexibility index (Phi) is 7.97. The monoisotopic (exact) mass is 528 g/mol. The van der Waals surface area contributed by atoms with E-state index in [-0.39, 0.29) is 16.9 Å². The SMILES string of the molecule is Cc1cc(C=C(C#N)C(=O)OCC(=O)c2ccc(OC(F)F)cc2)c(C)n1-c1ccc(Br)cc1. The van der Waals surface area contributed by atoms with E-state index >= 15 is 0 Å². The Morgan fingerprint density at radius 1 is 1.12 bits per heavy atom. The zero-order valence-corrected chi connectivity index (χ0v) is 19.8. The normalized spacial score (nSPS) is 11.3. The van der Waals surface area contributed by atoms with Crippen molar-refractivity contribution in [1.29, 1.82) is 5.26 Å². The zero-order valence-electron chi connectivity index (χ0n) is 18.2. The lowest BCUT2D eigenvalue weighted by Crippen LogP contribution is -2.15. The molecule has 0 radical (unpaired) electrons. The molecular weight excluding hydrogens is 510 g/mol. The second kappa shape index (κ2) is 10.9. The van der Waals surface area contributed by atoms with E-state index in [1.165, 1.54) is 30.3 Å². The molecule has 0 aliphatic rings. The molecule has 6 nitrogen and oxygen atoms in total. The van der Waals surface area contributed by atoms with Crippen molar-refractivity contribution in [1.82, 2.24) is 4.57 Å². The number of aromatic nitrogens is 1. The van der Waals surface area contributed by atoms with Gasteiger partial charge in [-0.3, -0.25) is 4.79 Å². The molecule has 9 heteroatoms. The highest BCUT2D eigenvalue weighted by Gasteiger charge is 2.17. The molecule has 0 spiro atoms. The predicted octanol–water partition coefficient (Wildman–Crippen LogP) is 5.79. The number of carbonyl (C=O) groups is 2. The number of Topliss-reactive ketones (excluding diaryl/α,β-unsaturated/α-hetero) is 1. The molecule has 0 saturated heterocycles. The van der Waals surface area contributed by atoms with Crippen LogP contribution >= 0.6 is 15.9 Å². The quantitative estimate of drug-likeness (QED) is 0.160. The van der Waals surface area contributed by atoms with Gasteiger partial charge in [0, 0.05) is 27.1 Å². The first-order chi connectivity index (χ1) is 16.2. The van der Waals surface area contributed by atoms with Crippen LogP contribution in [0, 0.1) is 25.2 Å². The van der Waals surface area contributed by atoms with Gasteiger partial charge in [0.15, 0.2) is 12.4 Å². The highest BCUT2D eigenvalue weighted by Crippen LogP contribution is 2.24. The topological polar surface area (TPSA) is 81.3 Å². The molecule has 0 atom stereocenters. The number of esters is 1. The fourth-order valence-corrected chi connectivity index (χ4v) is 3.59. The first-order valence-corrected chi connectivity index (χ1v) is 10.8. The first-order valence-electron chi connectivity index (χ1n) is 10.0. The van der Waals surface area contributed by atoms with Crippen molar-refractivity contribution in [3.63, 3.8) is 0 Å². The summed E-state index contributed by atoms with van der Waals surface area (Å²) in [6.45, 7) is 0.196. The molecule has 0 saturated carbocycles. The summed E-state index contributed by atoms with van der Waals surface area (Å²) in [6, 6.07) is 16.4.